The normalized spacial score (nSPS) is 9.50. The minimum Gasteiger partial charge on any atom is -0.489 e. The van der Waals surface area contributed by atoms with E-state index < -0.39 is 11.9 Å². The molecule has 0 aliphatic heterocycles. The van der Waals surface area contributed by atoms with Gasteiger partial charge in [-0.25, -0.2) is 9.59 Å². The van der Waals surface area contributed by atoms with Gasteiger partial charge in [0.15, 0.2) is 0 Å². The van der Waals surface area contributed by atoms with E-state index in [0.717, 1.165) is 0 Å². The molecule has 0 aliphatic rings. The maximum Gasteiger partial charge on any atom is 0.340 e. The van der Waals surface area contributed by atoms with Crippen LogP contribution in [0.2, 0.25) is 0 Å². The lowest BCUT2D eigenvalue weighted by Gasteiger charge is -2.09. The Labute approximate surface area is 91.6 Å². The van der Waals surface area contributed by atoms with E-state index in [1.807, 2.05) is 0 Å². The van der Waals surface area contributed by atoms with Gasteiger partial charge in [0.2, 0.25) is 0 Å². The monoisotopic (exact) mass is 222 g/mol. The van der Waals surface area contributed by atoms with Crippen molar-refractivity contribution in [3.8, 4) is 5.75 Å². The lowest BCUT2D eigenvalue weighted by Crippen LogP contribution is -2.10. The summed E-state index contributed by atoms with van der Waals surface area (Å²) in [6.07, 6.45) is 1.44. The summed E-state index contributed by atoms with van der Waals surface area (Å²) in [5.74, 6) is -2.62. The Hall–Kier alpha value is -2.30. The number of aromatic carboxylic acids is 2. The number of hydrogen-bond acceptors (Lipinski definition) is 3. The van der Waals surface area contributed by atoms with Gasteiger partial charge >= 0.3 is 11.9 Å². The largest absolute Gasteiger partial charge is 0.489 e. The molecule has 84 valence electrons. The second kappa shape index (κ2) is 4.97. The quantitative estimate of drug-likeness (QED) is 0.740. The average molecular weight is 222 g/mol. The summed E-state index contributed by atoms with van der Waals surface area (Å²) in [6, 6.07) is 4.04. The summed E-state index contributed by atoms with van der Waals surface area (Å²) in [5.41, 5.74) is -0.647. The van der Waals surface area contributed by atoms with Gasteiger partial charge in [-0.2, -0.15) is 0 Å². The Kier molecular flexibility index (Phi) is 3.66. The highest BCUT2D eigenvalue weighted by atomic mass is 16.5. The van der Waals surface area contributed by atoms with Crippen molar-refractivity contribution in [2.45, 2.75) is 0 Å². The summed E-state index contributed by atoms with van der Waals surface area (Å²) >= 11 is 0. The third-order valence-electron chi connectivity index (χ3n) is 1.83. The minimum atomic E-state index is -1.34. The molecule has 1 rings (SSSR count). The number of benzene rings is 1. The van der Waals surface area contributed by atoms with Crippen molar-refractivity contribution >= 4 is 11.9 Å². The zero-order valence-electron chi connectivity index (χ0n) is 8.34. The Bertz CT molecular complexity index is 436. The molecule has 0 aliphatic carbocycles. The predicted molar refractivity (Wildman–Crippen MR) is 56.1 cm³/mol. The SMILES string of the molecule is C=CCOc1cccc(C(=O)O)c1C(=O)O. The fraction of sp³-hybridized carbons (Fsp3) is 0.0909. The van der Waals surface area contributed by atoms with Gasteiger partial charge in [0.25, 0.3) is 0 Å². The van der Waals surface area contributed by atoms with Crippen molar-refractivity contribution in [3.05, 3.63) is 42.0 Å². The first-order valence-corrected chi connectivity index (χ1v) is 4.41. The zero-order valence-corrected chi connectivity index (χ0v) is 8.34. The standard InChI is InChI=1S/C11H10O5/c1-2-6-16-8-5-3-4-7(10(12)13)9(8)11(14)15/h2-5H,1,6H2,(H,12,13)(H,14,15). The fourth-order valence-electron chi connectivity index (χ4n) is 1.20. The molecule has 5 nitrogen and oxygen atoms in total. The van der Waals surface area contributed by atoms with E-state index in [0.29, 0.717) is 0 Å². The van der Waals surface area contributed by atoms with Crippen LogP contribution >= 0.6 is 0 Å². The molecule has 1 aromatic rings. The van der Waals surface area contributed by atoms with Gasteiger partial charge in [0.1, 0.15) is 17.9 Å². The molecule has 0 fully saturated rings. The molecule has 0 atom stereocenters. The number of carboxylic acids is 2. The van der Waals surface area contributed by atoms with Crippen LogP contribution in [0.15, 0.2) is 30.9 Å². The highest BCUT2D eigenvalue weighted by Gasteiger charge is 2.20. The van der Waals surface area contributed by atoms with Gasteiger partial charge in [-0.05, 0) is 12.1 Å². The van der Waals surface area contributed by atoms with Crippen LogP contribution in [-0.4, -0.2) is 28.8 Å². The van der Waals surface area contributed by atoms with Crippen LogP contribution in [-0.2, 0) is 0 Å². The van der Waals surface area contributed by atoms with Crippen molar-refractivity contribution in [1.82, 2.24) is 0 Å². The van der Waals surface area contributed by atoms with Crippen molar-refractivity contribution in [2.24, 2.45) is 0 Å². The first kappa shape index (κ1) is 11.8. The van der Waals surface area contributed by atoms with Crippen LogP contribution in [0.3, 0.4) is 0 Å². The molecule has 0 radical (unpaired) electrons. The molecule has 1 aromatic carbocycles. The number of carbonyl (C=O) groups is 2. The van der Waals surface area contributed by atoms with E-state index in [4.69, 9.17) is 14.9 Å². The van der Waals surface area contributed by atoms with E-state index in [9.17, 15) is 9.59 Å². The maximum atomic E-state index is 10.9. The van der Waals surface area contributed by atoms with E-state index in [1.54, 1.807) is 0 Å². The Balaban J connectivity index is 3.26. The first-order chi connectivity index (χ1) is 7.57. The molecule has 0 saturated heterocycles. The second-order valence-electron chi connectivity index (χ2n) is 2.89. The van der Waals surface area contributed by atoms with Gasteiger partial charge in [0, 0.05) is 0 Å². The van der Waals surface area contributed by atoms with Gasteiger partial charge in [-0.15, -0.1) is 0 Å². The van der Waals surface area contributed by atoms with E-state index in [-0.39, 0.29) is 23.5 Å². The minimum absolute atomic E-state index is 0.0206. The maximum absolute atomic E-state index is 10.9. The van der Waals surface area contributed by atoms with Gasteiger partial charge < -0.3 is 14.9 Å². The third kappa shape index (κ3) is 2.38. The van der Waals surface area contributed by atoms with Gasteiger partial charge in [0.05, 0.1) is 5.56 Å². The highest BCUT2D eigenvalue weighted by Crippen LogP contribution is 2.22. The van der Waals surface area contributed by atoms with Crippen LogP contribution < -0.4 is 4.74 Å². The van der Waals surface area contributed by atoms with Gasteiger partial charge in [-0.3, -0.25) is 0 Å². The Morgan fingerprint density at radius 1 is 1.31 bits per heavy atom. The molecule has 16 heavy (non-hydrogen) atoms. The molecular weight excluding hydrogens is 212 g/mol. The van der Waals surface area contributed by atoms with Crippen molar-refractivity contribution in [1.29, 1.82) is 0 Å². The van der Waals surface area contributed by atoms with Crippen LogP contribution in [0, 0.1) is 0 Å². The molecule has 0 bridgehead atoms. The molecule has 0 saturated carbocycles. The molecular formula is C11H10O5. The van der Waals surface area contributed by atoms with E-state index in [2.05, 4.69) is 6.58 Å². The lowest BCUT2D eigenvalue weighted by atomic mass is 10.1. The summed E-state index contributed by atoms with van der Waals surface area (Å²) in [6.45, 7) is 3.53. The average Bonchev–Trinajstić information content (AvgIpc) is 2.25. The number of carboxylic acid groups (broad SMARTS) is 2. The molecule has 5 heteroatoms. The van der Waals surface area contributed by atoms with Crippen molar-refractivity contribution in [3.63, 3.8) is 0 Å². The summed E-state index contributed by atoms with van der Waals surface area (Å²) in [4.78, 5) is 21.8. The second-order valence-corrected chi connectivity index (χ2v) is 2.89. The van der Waals surface area contributed by atoms with Gasteiger partial charge in [-0.1, -0.05) is 18.7 Å². The predicted octanol–water partition coefficient (Wildman–Crippen LogP) is 1.65. The summed E-state index contributed by atoms with van der Waals surface area (Å²) < 4.78 is 5.08. The van der Waals surface area contributed by atoms with Crippen molar-refractivity contribution < 1.29 is 24.5 Å². The molecule has 0 heterocycles. The molecule has 2 N–H and O–H groups in total. The number of rotatable bonds is 5. The molecule has 0 amide bonds. The molecule has 0 unspecified atom stereocenters. The Morgan fingerprint density at radius 2 is 2.00 bits per heavy atom. The van der Waals surface area contributed by atoms with E-state index in [1.165, 1.54) is 24.3 Å². The van der Waals surface area contributed by atoms with E-state index >= 15 is 0 Å². The number of hydrogen-bond donors (Lipinski definition) is 2. The van der Waals surface area contributed by atoms with Crippen LogP contribution in [0.25, 0.3) is 0 Å². The lowest BCUT2D eigenvalue weighted by molar-refractivity contribution is 0.0648. The zero-order chi connectivity index (χ0) is 12.1. The smallest absolute Gasteiger partial charge is 0.340 e. The molecule has 0 aromatic heterocycles. The summed E-state index contributed by atoms with van der Waals surface area (Å²) in [5, 5.41) is 17.8. The molecule has 0 spiro atoms. The number of ether oxygens (including phenoxy) is 1. The highest BCUT2D eigenvalue weighted by molar-refractivity contribution is 6.03. The fourth-order valence-corrected chi connectivity index (χ4v) is 1.20. The third-order valence-corrected chi connectivity index (χ3v) is 1.83. The van der Waals surface area contributed by atoms with Crippen LogP contribution in [0.4, 0.5) is 0 Å². The first-order valence-electron chi connectivity index (χ1n) is 4.41. The van der Waals surface area contributed by atoms with Crippen LogP contribution in [0.5, 0.6) is 5.75 Å². The van der Waals surface area contributed by atoms with Crippen molar-refractivity contribution in [2.75, 3.05) is 6.61 Å². The van der Waals surface area contributed by atoms with Crippen LogP contribution in [0.1, 0.15) is 20.7 Å². The topological polar surface area (TPSA) is 83.8 Å². The summed E-state index contributed by atoms with van der Waals surface area (Å²) in [7, 11) is 0. The Morgan fingerprint density at radius 3 is 2.50 bits per heavy atom.